The number of phenols is 1. The number of nitro benzene ring substituents is 1. The van der Waals surface area contributed by atoms with E-state index < -0.39 is 11.0 Å². The second kappa shape index (κ2) is 4.72. The van der Waals surface area contributed by atoms with Gasteiger partial charge in [-0.25, -0.2) is 0 Å². The van der Waals surface area contributed by atoms with Crippen molar-refractivity contribution in [3.8, 4) is 5.75 Å². The monoisotopic (exact) mass is 212 g/mol. The fourth-order valence-corrected chi connectivity index (χ4v) is 1.21. The van der Waals surface area contributed by atoms with Gasteiger partial charge in [0.1, 0.15) is 0 Å². The first-order valence-corrected chi connectivity index (χ1v) is 4.37. The molecular formula is C9H12N2O4. The van der Waals surface area contributed by atoms with Crippen molar-refractivity contribution < 1.29 is 15.1 Å². The first-order chi connectivity index (χ1) is 7.04. The molecule has 0 aliphatic carbocycles. The molecule has 0 amide bonds. The van der Waals surface area contributed by atoms with Crippen molar-refractivity contribution in [1.82, 2.24) is 0 Å². The van der Waals surface area contributed by atoms with Crippen LogP contribution >= 0.6 is 0 Å². The Morgan fingerprint density at radius 1 is 1.53 bits per heavy atom. The van der Waals surface area contributed by atoms with Gasteiger partial charge >= 0.3 is 5.69 Å². The third kappa shape index (κ3) is 2.90. The van der Waals surface area contributed by atoms with E-state index in [1.165, 1.54) is 18.2 Å². The summed E-state index contributed by atoms with van der Waals surface area (Å²) in [5.41, 5.74) is 5.75. The summed E-state index contributed by atoms with van der Waals surface area (Å²) >= 11 is 0. The van der Waals surface area contributed by atoms with Gasteiger partial charge in [-0.3, -0.25) is 10.1 Å². The SMILES string of the molecule is NC(CO)Cc1ccc(O)c([N+](=O)[O-])c1. The Kier molecular flexibility index (Phi) is 3.59. The average Bonchev–Trinajstić information content (AvgIpc) is 2.20. The minimum absolute atomic E-state index is 0.186. The zero-order valence-electron chi connectivity index (χ0n) is 7.96. The predicted octanol–water partition coefficient (Wildman–Crippen LogP) is 0.162. The first kappa shape index (κ1) is 11.4. The molecule has 1 rings (SSSR count). The summed E-state index contributed by atoms with van der Waals surface area (Å²) in [7, 11) is 0. The fourth-order valence-electron chi connectivity index (χ4n) is 1.21. The highest BCUT2D eigenvalue weighted by molar-refractivity contribution is 5.47. The Hall–Kier alpha value is -1.66. The number of rotatable bonds is 4. The number of phenolic OH excluding ortho intramolecular Hbond substituents is 1. The molecule has 1 aromatic rings. The van der Waals surface area contributed by atoms with E-state index in [1.807, 2.05) is 0 Å². The fraction of sp³-hybridized carbons (Fsp3) is 0.333. The average molecular weight is 212 g/mol. The molecule has 0 bridgehead atoms. The first-order valence-electron chi connectivity index (χ1n) is 4.37. The molecule has 6 heteroatoms. The minimum Gasteiger partial charge on any atom is -0.502 e. The highest BCUT2D eigenvalue weighted by Gasteiger charge is 2.14. The second-order valence-electron chi connectivity index (χ2n) is 3.23. The molecule has 15 heavy (non-hydrogen) atoms. The molecule has 0 saturated carbocycles. The molecule has 0 heterocycles. The number of aliphatic hydroxyl groups is 1. The van der Waals surface area contributed by atoms with Crippen LogP contribution in [0.25, 0.3) is 0 Å². The molecule has 0 aliphatic heterocycles. The van der Waals surface area contributed by atoms with Crippen molar-refractivity contribution in [3.05, 3.63) is 33.9 Å². The lowest BCUT2D eigenvalue weighted by Gasteiger charge is -2.07. The molecule has 6 nitrogen and oxygen atoms in total. The van der Waals surface area contributed by atoms with Crippen molar-refractivity contribution >= 4 is 5.69 Å². The second-order valence-corrected chi connectivity index (χ2v) is 3.23. The molecule has 0 fully saturated rings. The Morgan fingerprint density at radius 3 is 2.73 bits per heavy atom. The van der Waals surface area contributed by atoms with Gasteiger partial charge in [0.15, 0.2) is 5.75 Å². The minimum atomic E-state index is -0.663. The quantitative estimate of drug-likeness (QED) is 0.486. The summed E-state index contributed by atoms with van der Waals surface area (Å²) in [6.45, 7) is -0.186. The molecule has 1 unspecified atom stereocenters. The zero-order valence-corrected chi connectivity index (χ0v) is 7.96. The lowest BCUT2D eigenvalue weighted by Crippen LogP contribution is -2.26. The van der Waals surface area contributed by atoms with E-state index in [1.54, 1.807) is 0 Å². The Morgan fingerprint density at radius 2 is 2.20 bits per heavy atom. The van der Waals surface area contributed by atoms with Crippen LogP contribution in [-0.4, -0.2) is 27.8 Å². The van der Waals surface area contributed by atoms with Crippen LogP contribution in [0.2, 0.25) is 0 Å². The van der Waals surface area contributed by atoms with E-state index in [9.17, 15) is 15.2 Å². The van der Waals surface area contributed by atoms with Crippen LogP contribution in [0.4, 0.5) is 5.69 Å². The van der Waals surface area contributed by atoms with E-state index in [-0.39, 0.29) is 18.0 Å². The highest BCUT2D eigenvalue weighted by atomic mass is 16.6. The number of nitrogens with zero attached hydrogens (tertiary/aromatic N) is 1. The molecular weight excluding hydrogens is 200 g/mol. The predicted molar refractivity (Wildman–Crippen MR) is 53.5 cm³/mol. The van der Waals surface area contributed by atoms with Gasteiger partial charge in [0.05, 0.1) is 11.5 Å². The number of aliphatic hydroxyl groups excluding tert-OH is 1. The Labute approximate surface area is 86.1 Å². The number of hydrogen-bond acceptors (Lipinski definition) is 5. The number of hydrogen-bond donors (Lipinski definition) is 3. The summed E-state index contributed by atoms with van der Waals surface area (Å²) in [5, 5.41) is 28.4. The van der Waals surface area contributed by atoms with Crippen LogP contribution < -0.4 is 5.73 Å². The molecule has 0 aromatic heterocycles. The topological polar surface area (TPSA) is 110 Å². The number of nitro groups is 1. The van der Waals surface area contributed by atoms with E-state index in [4.69, 9.17) is 10.8 Å². The third-order valence-electron chi connectivity index (χ3n) is 1.97. The van der Waals surface area contributed by atoms with Gasteiger partial charge in [0, 0.05) is 12.1 Å². The van der Waals surface area contributed by atoms with Crippen LogP contribution in [0.1, 0.15) is 5.56 Å². The Balaban J connectivity index is 2.92. The molecule has 0 aliphatic rings. The molecule has 1 atom stereocenters. The van der Waals surface area contributed by atoms with Crippen molar-refractivity contribution in [3.63, 3.8) is 0 Å². The maximum atomic E-state index is 10.5. The summed E-state index contributed by atoms with van der Waals surface area (Å²) in [4.78, 5) is 9.83. The summed E-state index contributed by atoms with van der Waals surface area (Å²) in [6, 6.07) is 3.59. The Bertz CT molecular complexity index is 367. The summed E-state index contributed by atoms with van der Waals surface area (Å²) in [5.74, 6) is -0.374. The van der Waals surface area contributed by atoms with Gasteiger partial charge in [0.2, 0.25) is 0 Å². The van der Waals surface area contributed by atoms with Crippen LogP contribution in [0.5, 0.6) is 5.75 Å². The number of benzene rings is 1. The van der Waals surface area contributed by atoms with Gasteiger partial charge in [-0.2, -0.15) is 0 Å². The molecule has 4 N–H and O–H groups in total. The number of aromatic hydroxyl groups is 1. The van der Waals surface area contributed by atoms with E-state index in [0.29, 0.717) is 12.0 Å². The van der Waals surface area contributed by atoms with Crippen molar-refractivity contribution in [2.45, 2.75) is 12.5 Å². The maximum absolute atomic E-state index is 10.5. The molecule has 0 spiro atoms. The molecule has 1 aromatic carbocycles. The maximum Gasteiger partial charge on any atom is 0.310 e. The van der Waals surface area contributed by atoms with Crippen LogP contribution in [0.3, 0.4) is 0 Å². The summed E-state index contributed by atoms with van der Waals surface area (Å²) < 4.78 is 0. The van der Waals surface area contributed by atoms with Crippen LogP contribution in [-0.2, 0) is 6.42 Å². The summed E-state index contributed by atoms with van der Waals surface area (Å²) in [6.07, 6.45) is 0.331. The smallest absolute Gasteiger partial charge is 0.310 e. The van der Waals surface area contributed by atoms with E-state index in [0.717, 1.165) is 0 Å². The number of nitrogens with two attached hydrogens (primary N) is 1. The van der Waals surface area contributed by atoms with Gasteiger partial charge in [0.25, 0.3) is 0 Å². The van der Waals surface area contributed by atoms with Gasteiger partial charge in [-0.05, 0) is 18.1 Å². The van der Waals surface area contributed by atoms with Gasteiger partial charge < -0.3 is 15.9 Å². The lowest BCUT2D eigenvalue weighted by molar-refractivity contribution is -0.385. The van der Waals surface area contributed by atoms with Gasteiger partial charge in [-0.15, -0.1) is 0 Å². The third-order valence-corrected chi connectivity index (χ3v) is 1.97. The van der Waals surface area contributed by atoms with Crippen LogP contribution in [0, 0.1) is 10.1 Å². The molecule has 82 valence electrons. The largest absolute Gasteiger partial charge is 0.502 e. The lowest BCUT2D eigenvalue weighted by atomic mass is 10.1. The van der Waals surface area contributed by atoms with Crippen molar-refractivity contribution in [2.75, 3.05) is 6.61 Å². The van der Waals surface area contributed by atoms with E-state index in [2.05, 4.69) is 0 Å². The standard InChI is InChI=1S/C9H12N2O4/c10-7(5-12)3-6-1-2-9(13)8(4-6)11(14)15/h1-2,4,7,12-13H,3,5,10H2. The van der Waals surface area contributed by atoms with E-state index >= 15 is 0 Å². The zero-order chi connectivity index (χ0) is 11.4. The highest BCUT2D eigenvalue weighted by Crippen LogP contribution is 2.26. The van der Waals surface area contributed by atoms with Crippen molar-refractivity contribution in [1.29, 1.82) is 0 Å². The molecule has 0 saturated heterocycles. The van der Waals surface area contributed by atoms with Gasteiger partial charge in [-0.1, -0.05) is 6.07 Å². The normalized spacial score (nSPS) is 12.4. The molecule has 0 radical (unpaired) electrons. The van der Waals surface area contributed by atoms with Crippen molar-refractivity contribution in [2.24, 2.45) is 5.73 Å². The van der Waals surface area contributed by atoms with Crippen LogP contribution in [0.15, 0.2) is 18.2 Å².